The van der Waals surface area contributed by atoms with Crippen LogP contribution in [0.15, 0.2) is 21.5 Å². The lowest BCUT2D eigenvalue weighted by Gasteiger charge is -2.49. The van der Waals surface area contributed by atoms with Gasteiger partial charge in [0.25, 0.3) is 18.7 Å². The summed E-state index contributed by atoms with van der Waals surface area (Å²) < 4.78 is 16.4. The Balaban J connectivity index is 1.40. The minimum atomic E-state index is -1.24. The summed E-state index contributed by atoms with van der Waals surface area (Å²) in [7, 11) is 1.74. The van der Waals surface area contributed by atoms with Crippen molar-refractivity contribution in [3.8, 4) is 0 Å². The van der Waals surface area contributed by atoms with Crippen LogP contribution in [0.25, 0.3) is 0 Å². The summed E-state index contributed by atoms with van der Waals surface area (Å²) in [5.74, 6) is -0.269. The molecule has 2 amide bonds. The van der Waals surface area contributed by atoms with Gasteiger partial charge in [-0.05, 0) is 26.2 Å². The summed E-state index contributed by atoms with van der Waals surface area (Å²) in [5, 5.41) is 20.2. The Hall–Kier alpha value is -3.27. The first-order valence-electron chi connectivity index (χ1n) is 11.2. The summed E-state index contributed by atoms with van der Waals surface area (Å²) in [6.07, 6.45) is 5.00. The van der Waals surface area contributed by atoms with Gasteiger partial charge < -0.3 is 20.8 Å². The summed E-state index contributed by atoms with van der Waals surface area (Å²) in [6.45, 7) is 2.28. The molecular formula is C20H27FN10O3S2. The number of halogens is 1. The summed E-state index contributed by atoms with van der Waals surface area (Å²) >= 11 is 2.32. The highest BCUT2D eigenvalue weighted by Gasteiger charge is 2.51. The molecule has 1 aromatic heterocycles. The molecule has 194 valence electrons. The van der Waals surface area contributed by atoms with E-state index in [9.17, 15) is 14.0 Å². The average Bonchev–Trinajstić information content (AvgIpc) is 3.31. The Bertz CT molecular complexity index is 1120. The van der Waals surface area contributed by atoms with Crippen LogP contribution in [0.1, 0.15) is 32.0 Å². The number of carbonyl (C=O) groups excluding carboxylic acids is 2. The number of aromatic nitrogens is 2. The van der Waals surface area contributed by atoms with Gasteiger partial charge in [-0.15, -0.1) is 11.8 Å². The fraction of sp³-hybridized carbons (Fsp3) is 0.550. The van der Waals surface area contributed by atoms with Gasteiger partial charge in [-0.3, -0.25) is 19.9 Å². The SMILES string of the molecule is CC1=C(/C=N/N(C)C(=N)N2CCCCC2)CS[C@@H]2[C@H](NC(=O)/C(=N\OCF)c3nsc(N)n3)C(=O)N12. The Morgan fingerprint density at radius 2 is 2.17 bits per heavy atom. The molecule has 0 unspecified atom stereocenters. The number of nitrogens with zero attached hydrogens (tertiary/aromatic N) is 7. The van der Waals surface area contributed by atoms with Crippen LogP contribution < -0.4 is 11.1 Å². The van der Waals surface area contributed by atoms with E-state index in [2.05, 4.69) is 29.8 Å². The van der Waals surface area contributed by atoms with Crippen molar-refractivity contribution in [3.63, 3.8) is 0 Å². The number of likely N-dealkylation sites (tertiary alicyclic amines) is 1. The lowest BCUT2D eigenvalue weighted by atomic mass is 10.0. The zero-order valence-electron chi connectivity index (χ0n) is 19.8. The molecule has 4 N–H and O–H groups in total. The first-order chi connectivity index (χ1) is 17.3. The topological polar surface area (TPSA) is 165 Å². The number of nitrogen functional groups attached to an aromatic ring is 1. The van der Waals surface area contributed by atoms with Crippen molar-refractivity contribution < 1.29 is 18.8 Å². The number of fused-ring (bicyclic) bond motifs is 1. The van der Waals surface area contributed by atoms with Crippen LogP contribution >= 0.6 is 23.3 Å². The predicted molar refractivity (Wildman–Crippen MR) is 135 cm³/mol. The second kappa shape index (κ2) is 11.2. The smallest absolute Gasteiger partial charge is 0.278 e. The molecule has 0 saturated carbocycles. The van der Waals surface area contributed by atoms with Crippen LogP contribution in [0.2, 0.25) is 0 Å². The van der Waals surface area contributed by atoms with Crippen LogP contribution in [0, 0.1) is 5.41 Å². The molecule has 3 aliphatic rings. The number of hydrogen-bond donors (Lipinski definition) is 3. The number of alkyl halides is 1. The molecular weight excluding hydrogens is 511 g/mol. The Morgan fingerprint density at radius 3 is 2.83 bits per heavy atom. The predicted octanol–water partition coefficient (Wildman–Crippen LogP) is 0.780. The van der Waals surface area contributed by atoms with Crippen LogP contribution in [-0.2, 0) is 14.4 Å². The molecule has 2 fully saturated rings. The zero-order valence-corrected chi connectivity index (χ0v) is 21.4. The number of anilines is 1. The Kier molecular flexibility index (Phi) is 8.03. The van der Waals surface area contributed by atoms with E-state index in [1.165, 1.54) is 23.2 Å². The summed E-state index contributed by atoms with van der Waals surface area (Å²) in [5.41, 5.74) is 6.79. The van der Waals surface area contributed by atoms with Crippen LogP contribution in [0.5, 0.6) is 0 Å². The van der Waals surface area contributed by atoms with Crippen LogP contribution in [0.4, 0.5) is 9.52 Å². The number of carbonyl (C=O) groups is 2. The second-order valence-corrected chi connectivity index (χ2v) is 10.1. The molecule has 0 aliphatic carbocycles. The number of hydrazone groups is 1. The maximum Gasteiger partial charge on any atom is 0.278 e. The summed E-state index contributed by atoms with van der Waals surface area (Å²) in [4.78, 5) is 37.6. The molecule has 0 aromatic carbocycles. The molecule has 4 heterocycles. The number of hydrogen-bond acceptors (Lipinski definition) is 11. The summed E-state index contributed by atoms with van der Waals surface area (Å²) in [6, 6.07) is -0.808. The van der Waals surface area contributed by atoms with Gasteiger partial charge in [-0.1, -0.05) is 5.16 Å². The van der Waals surface area contributed by atoms with Crippen molar-refractivity contribution in [3.05, 3.63) is 17.1 Å². The van der Waals surface area contributed by atoms with Crippen molar-refractivity contribution in [1.29, 1.82) is 5.41 Å². The van der Waals surface area contributed by atoms with Gasteiger partial charge in [0.1, 0.15) is 11.4 Å². The number of β-lactam (4-membered cyclic amide) rings is 1. The molecule has 4 rings (SSSR count). The lowest BCUT2D eigenvalue weighted by Crippen LogP contribution is -2.70. The number of allylic oxidation sites excluding steroid dienone is 1. The first-order valence-corrected chi connectivity index (χ1v) is 13.1. The van der Waals surface area contributed by atoms with E-state index in [1.54, 1.807) is 18.2 Å². The third-order valence-electron chi connectivity index (χ3n) is 5.99. The average molecular weight is 539 g/mol. The highest BCUT2D eigenvalue weighted by Crippen LogP contribution is 2.39. The van der Waals surface area contributed by atoms with E-state index in [4.69, 9.17) is 11.1 Å². The first kappa shape index (κ1) is 25.8. The van der Waals surface area contributed by atoms with Crippen molar-refractivity contribution in [1.82, 2.24) is 29.5 Å². The number of nitrogens with two attached hydrogens (primary N) is 1. The quantitative estimate of drug-likeness (QED) is 0.197. The van der Waals surface area contributed by atoms with Gasteiger partial charge in [-0.25, -0.2) is 9.40 Å². The molecule has 13 nitrogen and oxygen atoms in total. The monoisotopic (exact) mass is 538 g/mol. The number of rotatable bonds is 7. The molecule has 36 heavy (non-hydrogen) atoms. The number of amides is 2. The maximum atomic E-state index is 12.9. The van der Waals surface area contributed by atoms with E-state index in [0.29, 0.717) is 11.7 Å². The van der Waals surface area contributed by atoms with E-state index in [0.717, 1.165) is 48.7 Å². The number of piperidine rings is 1. The second-order valence-electron chi connectivity index (χ2n) is 8.25. The minimum Gasteiger partial charge on any atom is -0.374 e. The highest BCUT2D eigenvalue weighted by atomic mass is 32.2. The van der Waals surface area contributed by atoms with Gasteiger partial charge in [0.15, 0.2) is 5.13 Å². The third kappa shape index (κ3) is 5.28. The molecule has 0 bridgehead atoms. The molecule has 3 aliphatic heterocycles. The Labute approximate surface area is 215 Å². The van der Waals surface area contributed by atoms with E-state index < -0.39 is 18.8 Å². The van der Waals surface area contributed by atoms with E-state index in [-0.39, 0.29) is 27.9 Å². The van der Waals surface area contributed by atoms with Gasteiger partial charge in [0.05, 0.1) is 6.21 Å². The lowest BCUT2D eigenvalue weighted by molar-refractivity contribution is -0.144. The standard InChI is InChI=1S/C20H27FN10O3S2/c1-11-12(8-24-29(2)20(23)30-6-4-3-5-7-30)9-35-18-14(17(33)31(11)18)25-16(32)13(27-34-10-21)15-26-19(22)36-28-15/h8,14,18,23H,3-7,9-10H2,1-2H3,(H,25,32)(H2,22,26,28)/b23-20?,24-8+,27-13-/t14-,18-/m1/s1. The fourth-order valence-corrected chi connectivity index (χ4v) is 5.88. The number of nitrogens with one attached hydrogen (secondary N) is 2. The van der Waals surface area contributed by atoms with Crippen LogP contribution in [0.3, 0.4) is 0 Å². The normalized spacial score (nSPS) is 22.4. The third-order valence-corrected chi connectivity index (χ3v) is 7.83. The van der Waals surface area contributed by atoms with E-state index in [1.807, 2.05) is 11.8 Å². The van der Waals surface area contributed by atoms with Gasteiger partial charge >= 0.3 is 0 Å². The zero-order chi connectivity index (χ0) is 25.8. The number of thioether (sulfide) groups is 1. The molecule has 2 saturated heterocycles. The van der Waals surface area contributed by atoms with Crippen molar-refractivity contribution in [2.75, 3.05) is 38.5 Å². The van der Waals surface area contributed by atoms with Gasteiger partial charge in [0, 0.05) is 48.7 Å². The number of guanidine groups is 1. The van der Waals surface area contributed by atoms with Crippen molar-refractivity contribution in [2.45, 2.75) is 37.6 Å². The van der Waals surface area contributed by atoms with E-state index >= 15 is 0 Å². The minimum absolute atomic E-state index is 0.103. The molecule has 0 spiro atoms. The van der Waals surface area contributed by atoms with Crippen molar-refractivity contribution >= 4 is 58.1 Å². The molecule has 16 heteroatoms. The number of oxime groups is 1. The van der Waals surface area contributed by atoms with Crippen molar-refractivity contribution in [2.24, 2.45) is 10.3 Å². The maximum absolute atomic E-state index is 12.9. The molecule has 1 aromatic rings. The Morgan fingerprint density at radius 1 is 1.42 bits per heavy atom. The molecule has 0 radical (unpaired) electrons. The van der Waals surface area contributed by atoms with Gasteiger partial charge in [0.2, 0.25) is 17.5 Å². The highest BCUT2D eigenvalue weighted by molar-refractivity contribution is 8.00. The van der Waals surface area contributed by atoms with Gasteiger partial charge in [-0.2, -0.15) is 14.5 Å². The fourth-order valence-electron chi connectivity index (χ4n) is 4.02. The van der Waals surface area contributed by atoms with Crippen LogP contribution in [-0.4, -0.2) is 98.0 Å². The largest absolute Gasteiger partial charge is 0.374 e. The molecule has 2 atom stereocenters.